The molecule has 8 heterocycles. The van der Waals surface area contributed by atoms with Crippen LogP contribution in [0.5, 0.6) is 0 Å². The number of imide groups is 2. The Kier molecular flexibility index (Phi) is 9.75. The number of pyridine rings is 1. The summed E-state index contributed by atoms with van der Waals surface area (Å²) >= 11 is 1.49. The van der Waals surface area contributed by atoms with Crippen molar-refractivity contribution in [2.75, 3.05) is 54.4 Å². The smallest absolute Gasteiger partial charge is 0.262 e. The number of carbonyl (C=O) groups is 5. The number of amides is 5. The van der Waals surface area contributed by atoms with Gasteiger partial charge in [-0.3, -0.25) is 39.2 Å². The molecule has 59 heavy (non-hydrogen) atoms. The second-order valence-electron chi connectivity index (χ2n) is 15.5. The highest BCUT2D eigenvalue weighted by Crippen LogP contribution is 2.37. The maximum atomic E-state index is 13.7. The first-order chi connectivity index (χ1) is 28.6. The number of hydrogen-bond acceptors (Lipinski definition) is 14. The topological polar surface area (TPSA) is 202 Å². The molecule has 18 heteroatoms. The normalized spacial score (nSPS) is 18.8. The van der Waals surface area contributed by atoms with Crippen LogP contribution in [0.3, 0.4) is 0 Å². The molecule has 0 aliphatic carbocycles. The zero-order valence-corrected chi connectivity index (χ0v) is 33.2. The van der Waals surface area contributed by atoms with Crippen molar-refractivity contribution in [2.45, 2.75) is 51.6 Å². The highest BCUT2D eigenvalue weighted by atomic mass is 32.1. The van der Waals surface area contributed by atoms with Crippen LogP contribution in [0, 0.1) is 17.2 Å². The number of fused-ring (bicyclic) bond motifs is 2. The molecular formula is C41H40N12O5S. The predicted molar refractivity (Wildman–Crippen MR) is 218 cm³/mol. The lowest BCUT2D eigenvalue weighted by Gasteiger charge is -2.39. The number of aromatic nitrogens is 5. The first kappa shape index (κ1) is 37.8. The zero-order valence-electron chi connectivity index (χ0n) is 32.4. The molecule has 5 amide bonds. The Morgan fingerprint density at radius 1 is 0.881 bits per heavy atom. The molecule has 17 nitrogen and oxygen atoms in total. The summed E-state index contributed by atoms with van der Waals surface area (Å²) in [5.74, 6) is -2.10. The number of nitriles is 1. The van der Waals surface area contributed by atoms with Crippen molar-refractivity contribution < 1.29 is 24.0 Å². The lowest BCUT2D eigenvalue weighted by atomic mass is 9.94. The first-order valence-corrected chi connectivity index (χ1v) is 20.5. The Bertz CT molecular complexity index is 2580. The third kappa shape index (κ3) is 7.00. The lowest BCUT2D eigenvalue weighted by Crippen LogP contribution is -2.54. The van der Waals surface area contributed by atoms with E-state index in [0.717, 1.165) is 48.9 Å². The van der Waals surface area contributed by atoms with Crippen LogP contribution in [-0.2, 0) is 14.4 Å². The summed E-state index contributed by atoms with van der Waals surface area (Å²) in [7, 11) is 0. The summed E-state index contributed by atoms with van der Waals surface area (Å²) < 4.78 is 1.77. The van der Waals surface area contributed by atoms with Crippen molar-refractivity contribution in [2.24, 2.45) is 5.92 Å². The number of piperidine rings is 2. The lowest BCUT2D eigenvalue weighted by molar-refractivity contribution is -0.137. The summed E-state index contributed by atoms with van der Waals surface area (Å²) in [4.78, 5) is 76.3. The Morgan fingerprint density at radius 3 is 2.41 bits per heavy atom. The number of anilines is 3. The van der Waals surface area contributed by atoms with E-state index in [1.54, 1.807) is 28.9 Å². The highest BCUT2D eigenvalue weighted by Gasteiger charge is 2.45. The van der Waals surface area contributed by atoms with Crippen LogP contribution in [0.1, 0.15) is 65.8 Å². The van der Waals surface area contributed by atoms with Crippen LogP contribution in [-0.4, -0.2) is 115 Å². The second-order valence-corrected chi connectivity index (χ2v) is 16.4. The van der Waals surface area contributed by atoms with Gasteiger partial charge in [-0.15, -0.1) is 10.2 Å². The quantitative estimate of drug-likeness (QED) is 0.216. The summed E-state index contributed by atoms with van der Waals surface area (Å²) in [6.45, 7) is 7.79. The molecule has 0 saturated carbocycles. The largest absolute Gasteiger partial charge is 0.382 e. The van der Waals surface area contributed by atoms with Gasteiger partial charge in [0.05, 0.1) is 45.4 Å². The standard InChI is InChI=1S/C41H40N12O5S/c1-23(2)45-31-19-32(33-6-4-27-17-24(20-42)21-44-53(27)33)43-22-30(31)37-47-48-41(59-37)51-15-13-50(14-16-51)38(56)25-9-11-49(12-10-25)26-3-5-28-29(18-26)40(58)52(39(28)57)34-7-8-35(54)46-36(34)55/h3-6,17-19,21-23,25,34H,7-16H2,1-2H3,(H,43,45)(H,46,54,55). The second kappa shape index (κ2) is 15.2. The van der Waals surface area contributed by atoms with Gasteiger partial charge in [0.15, 0.2) is 5.01 Å². The number of piperazine rings is 1. The molecule has 9 rings (SSSR count). The summed E-state index contributed by atoms with van der Waals surface area (Å²) in [5, 5.41) is 30.1. The van der Waals surface area contributed by atoms with E-state index in [9.17, 15) is 29.2 Å². The monoisotopic (exact) mass is 812 g/mol. The minimum Gasteiger partial charge on any atom is -0.382 e. The van der Waals surface area contributed by atoms with Gasteiger partial charge in [-0.25, -0.2) is 4.52 Å². The molecular weight excluding hydrogens is 773 g/mol. The van der Waals surface area contributed by atoms with Gasteiger partial charge in [0.1, 0.15) is 12.1 Å². The highest BCUT2D eigenvalue weighted by molar-refractivity contribution is 7.18. The van der Waals surface area contributed by atoms with E-state index >= 15 is 0 Å². The molecule has 4 aromatic heterocycles. The maximum Gasteiger partial charge on any atom is 0.262 e. The van der Waals surface area contributed by atoms with E-state index in [4.69, 9.17) is 4.98 Å². The number of nitrogens with zero attached hydrogens (tertiary/aromatic N) is 10. The van der Waals surface area contributed by atoms with E-state index in [2.05, 4.69) is 55.6 Å². The Hall–Kier alpha value is -6.74. The maximum absolute atomic E-state index is 13.7. The Balaban J connectivity index is 0.810. The van der Waals surface area contributed by atoms with Crippen molar-refractivity contribution >= 4 is 62.9 Å². The van der Waals surface area contributed by atoms with Crippen LogP contribution >= 0.6 is 11.3 Å². The SMILES string of the molecule is CC(C)Nc1cc(-c2ccc3cc(C#N)cnn23)ncc1-c1nnc(N2CCN(C(=O)C3CCN(c4ccc5c(c4)C(=O)N(C4CCC(=O)NC4=O)C5=O)CC3)CC2)s1. The molecule has 3 saturated heterocycles. The Labute approximate surface area is 342 Å². The number of carbonyl (C=O) groups excluding carboxylic acids is 5. The van der Waals surface area contributed by atoms with E-state index in [0.29, 0.717) is 57.7 Å². The molecule has 0 spiro atoms. The molecule has 5 aromatic rings. The molecule has 4 aliphatic rings. The fourth-order valence-electron chi connectivity index (χ4n) is 8.32. The van der Waals surface area contributed by atoms with Gasteiger partial charge in [-0.1, -0.05) is 11.3 Å². The molecule has 4 aliphatic heterocycles. The predicted octanol–water partition coefficient (Wildman–Crippen LogP) is 3.57. The molecule has 300 valence electrons. The van der Waals surface area contributed by atoms with Gasteiger partial charge in [0.25, 0.3) is 11.8 Å². The fourth-order valence-corrected chi connectivity index (χ4v) is 9.24. The van der Waals surface area contributed by atoms with Crippen LogP contribution in [0.15, 0.2) is 54.9 Å². The summed E-state index contributed by atoms with van der Waals surface area (Å²) in [6.07, 6.45) is 4.83. The van der Waals surface area contributed by atoms with Gasteiger partial charge in [0.2, 0.25) is 22.9 Å². The van der Waals surface area contributed by atoms with E-state index < -0.39 is 29.7 Å². The molecule has 2 N–H and O–H groups in total. The van der Waals surface area contributed by atoms with Crippen molar-refractivity contribution in [1.29, 1.82) is 5.26 Å². The van der Waals surface area contributed by atoms with E-state index in [-0.39, 0.29) is 41.8 Å². The Morgan fingerprint density at radius 2 is 1.66 bits per heavy atom. The summed E-state index contributed by atoms with van der Waals surface area (Å²) in [6, 6.07) is 14.0. The molecule has 3 fully saturated rings. The third-order valence-electron chi connectivity index (χ3n) is 11.4. The van der Waals surface area contributed by atoms with Crippen LogP contribution in [0.25, 0.3) is 27.5 Å². The average molecular weight is 813 g/mol. The van der Waals surface area contributed by atoms with Crippen molar-refractivity contribution in [3.05, 3.63) is 71.5 Å². The van der Waals surface area contributed by atoms with Crippen LogP contribution < -0.4 is 20.4 Å². The molecule has 1 atom stereocenters. The minimum absolute atomic E-state index is 0.0649. The van der Waals surface area contributed by atoms with Gasteiger partial charge >= 0.3 is 0 Å². The van der Waals surface area contributed by atoms with E-state index in [1.165, 1.54) is 17.5 Å². The number of nitrogens with one attached hydrogen (secondary N) is 2. The first-order valence-electron chi connectivity index (χ1n) is 19.7. The summed E-state index contributed by atoms with van der Waals surface area (Å²) in [5.41, 5.74) is 5.80. The fraction of sp³-hybridized carbons (Fsp3) is 0.366. The van der Waals surface area contributed by atoms with Crippen LogP contribution in [0.2, 0.25) is 0 Å². The average Bonchev–Trinajstić information content (AvgIpc) is 3.97. The number of rotatable bonds is 8. The molecule has 1 aromatic carbocycles. The van der Waals surface area contributed by atoms with Gasteiger partial charge in [-0.05, 0) is 75.6 Å². The van der Waals surface area contributed by atoms with E-state index in [1.807, 2.05) is 29.2 Å². The third-order valence-corrected chi connectivity index (χ3v) is 12.4. The van der Waals surface area contributed by atoms with Crippen molar-refractivity contribution in [3.63, 3.8) is 0 Å². The number of hydrogen-bond donors (Lipinski definition) is 2. The number of benzene rings is 1. The zero-order chi connectivity index (χ0) is 40.9. The van der Waals surface area contributed by atoms with Crippen LogP contribution in [0.4, 0.5) is 16.5 Å². The van der Waals surface area contributed by atoms with Crippen molar-refractivity contribution in [3.8, 4) is 28.0 Å². The van der Waals surface area contributed by atoms with Crippen molar-refractivity contribution in [1.82, 2.24) is 39.9 Å². The van der Waals surface area contributed by atoms with Gasteiger partial charge in [0, 0.05) is 75.2 Å². The minimum atomic E-state index is -1.01. The van der Waals surface area contributed by atoms with Gasteiger partial charge in [-0.2, -0.15) is 10.4 Å². The molecule has 0 radical (unpaired) electrons. The molecule has 1 unspecified atom stereocenters. The van der Waals surface area contributed by atoms with Gasteiger partial charge < -0.3 is 20.0 Å². The molecule has 0 bridgehead atoms.